The van der Waals surface area contributed by atoms with Gasteiger partial charge in [0, 0.05) is 17.3 Å². The Hall–Kier alpha value is -1.03. The number of allylic oxidation sites excluding steroid dienone is 1. The van der Waals surface area contributed by atoms with Crippen LogP contribution in [0.5, 0.6) is 0 Å². The molecule has 150 valence electrons. The van der Waals surface area contributed by atoms with Gasteiger partial charge in [-0.1, -0.05) is 20.4 Å². The van der Waals surface area contributed by atoms with Crippen LogP contribution in [0.2, 0.25) is 0 Å². The van der Waals surface area contributed by atoms with Crippen LogP contribution in [0.3, 0.4) is 0 Å². The van der Waals surface area contributed by atoms with Gasteiger partial charge in [0.05, 0.1) is 37.1 Å². The van der Waals surface area contributed by atoms with E-state index in [-0.39, 0.29) is 29.5 Å². The second kappa shape index (κ2) is 6.23. The topological polar surface area (TPSA) is 44.8 Å². The van der Waals surface area contributed by atoms with Crippen LogP contribution in [-0.2, 0) is 19.0 Å². The summed E-state index contributed by atoms with van der Waals surface area (Å²) >= 11 is 0. The van der Waals surface area contributed by atoms with Crippen LogP contribution < -0.4 is 0 Å². The van der Waals surface area contributed by atoms with Gasteiger partial charge < -0.3 is 14.2 Å². The molecule has 5 rings (SSSR count). The summed E-state index contributed by atoms with van der Waals surface area (Å²) < 4.78 is 17.6. The van der Waals surface area contributed by atoms with Crippen molar-refractivity contribution in [2.45, 2.75) is 65.1 Å². The molecule has 0 radical (unpaired) electrons. The van der Waals surface area contributed by atoms with Gasteiger partial charge in [-0.05, 0) is 62.7 Å². The van der Waals surface area contributed by atoms with E-state index in [1.165, 1.54) is 19.3 Å². The molecule has 5 fully saturated rings. The fourth-order valence-corrected chi connectivity index (χ4v) is 6.71. The zero-order chi connectivity index (χ0) is 18.9. The lowest BCUT2D eigenvalue weighted by Gasteiger charge is -2.30. The molecule has 9 atom stereocenters. The second-order valence-electron chi connectivity index (χ2n) is 10.8. The van der Waals surface area contributed by atoms with Crippen LogP contribution >= 0.6 is 0 Å². The van der Waals surface area contributed by atoms with Crippen molar-refractivity contribution in [2.24, 2.45) is 46.8 Å². The second-order valence-corrected chi connectivity index (χ2v) is 10.8. The molecule has 0 aromatic heterocycles. The van der Waals surface area contributed by atoms with Crippen LogP contribution in [0.4, 0.5) is 0 Å². The van der Waals surface area contributed by atoms with Crippen molar-refractivity contribution in [3.05, 3.63) is 12.3 Å². The minimum absolute atomic E-state index is 0.0194. The van der Waals surface area contributed by atoms with Crippen molar-refractivity contribution in [1.82, 2.24) is 0 Å². The highest BCUT2D eigenvalue weighted by atomic mass is 16.5. The van der Waals surface area contributed by atoms with Crippen molar-refractivity contribution in [3.63, 3.8) is 0 Å². The predicted octanol–water partition coefficient (Wildman–Crippen LogP) is 4.19. The number of ether oxygens (including phenoxy) is 3. The predicted molar refractivity (Wildman–Crippen MR) is 102 cm³/mol. The standard InChI is InChI=1S/C23H34O4/c1-12(16-5-14-6-19(16)20-9-18(14)20)25-10-23(3,4)11-26-22(24)21-8-15-7-17(21)13(2)27-15/h13-21H,1,5-11H2,2-4H3. The Morgan fingerprint density at radius 1 is 0.963 bits per heavy atom. The van der Waals surface area contributed by atoms with Gasteiger partial charge in [0.2, 0.25) is 0 Å². The molecule has 0 spiro atoms. The summed E-state index contributed by atoms with van der Waals surface area (Å²) in [5, 5.41) is 0. The van der Waals surface area contributed by atoms with Gasteiger partial charge in [0.25, 0.3) is 0 Å². The van der Waals surface area contributed by atoms with Gasteiger partial charge in [-0.3, -0.25) is 4.79 Å². The van der Waals surface area contributed by atoms with Crippen LogP contribution in [0.25, 0.3) is 0 Å². The molecule has 5 aliphatic rings. The first-order chi connectivity index (χ1) is 12.8. The van der Waals surface area contributed by atoms with Gasteiger partial charge in [-0.25, -0.2) is 0 Å². The monoisotopic (exact) mass is 374 g/mol. The molecule has 1 heterocycles. The zero-order valence-electron chi connectivity index (χ0n) is 17.0. The molecule has 1 aliphatic heterocycles. The molecule has 4 heteroatoms. The summed E-state index contributed by atoms with van der Waals surface area (Å²) in [6, 6.07) is 0. The van der Waals surface area contributed by atoms with Crippen molar-refractivity contribution in [2.75, 3.05) is 13.2 Å². The normalized spacial score (nSPS) is 46.4. The van der Waals surface area contributed by atoms with E-state index in [2.05, 4.69) is 27.4 Å². The summed E-state index contributed by atoms with van der Waals surface area (Å²) in [6.45, 7) is 11.5. The highest BCUT2D eigenvalue weighted by Gasteiger charge is 2.61. The third-order valence-electron chi connectivity index (χ3n) is 8.24. The van der Waals surface area contributed by atoms with Crippen LogP contribution in [0, 0.1) is 46.8 Å². The lowest BCUT2D eigenvalue weighted by atomic mass is 9.87. The first-order valence-corrected chi connectivity index (χ1v) is 11.0. The Morgan fingerprint density at radius 2 is 1.74 bits per heavy atom. The Morgan fingerprint density at radius 3 is 2.41 bits per heavy atom. The maximum atomic E-state index is 12.6. The molecular formula is C23H34O4. The van der Waals surface area contributed by atoms with Gasteiger partial charge in [0.1, 0.15) is 0 Å². The Bertz CT molecular complexity index is 612. The largest absolute Gasteiger partial charge is 0.498 e. The summed E-state index contributed by atoms with van der Waals surface area (Å²) in [7, 11) is 0. The van der Waals surface area contributed by atoms with E-state index in [0.717, 1.165) is 42.3 Å². The average Bonchev–Trinajstić information content (AvgIpc) is 2.96. The Labute approximate surface area is 163 Å². The van der Waals surface area contributed by atoms with Crippen molar-refractivity contribution >= 4 is 5.97 Å². The third-order valence-corrected chi connectivity index (χ3v) is 8.24. The number of fused-ring (bicyclic) bond motifs is 7. The van der Waals surface area contributed by atoms with Crippen molar-refractivity contribution < 1.29 is 19.0 Å². The van der Waals surface area contributed by atoms with E-state index in [1.54, 1.807) is 0 Å². The lowest BCUT2D eigenvalue weighted by Crippen LogP contribution is -2.35. The molecule has 0 aromatic carbocycles. The highest BCUT2D eigenvalue weighted by Crippen LogP contribution is 2.68. The molecular weight excluding hydrogens is 340 g/mol. The maximum absolute atomic E-state index is 12.6. The number of hydrogen-bond donors (Lipinski definition) is 0. The fourth-order valence-electron chi connectivity index (χ4n) is 6.71. The number of carbonyl (C=O) groups excluding carboxylic acids is 1. The number of rotatable bonds is 7. The van der Waals surface area contributed by atoms with Gasteiger partial charge in [-0.15, -0.1) is 0 Å². The lowest BCUT2D eigenvalue weighted by molar-refractivity contribution is -0.158. The minimum Gasteiger partial charge on any atom is -0.498 e. The van der Waals surface area contributed by atoms with Crippen LogP contribution in [-0.4, -0.2) is 31.4 Å². The van der Waals surface area contributed by atoms with E-state index in [1.807, 2.05) is 0 Å². The van der Waals surface area contributed by atoms with E-state index < -0.39 is 0 Å². The quantitative estimate of drug-likeness (QED) is 0.495. The third kappa shape index (κ3) is 3.12. The van der Waals surface area contributed by atoms with Gasteiger partial charge >= 0.3 is 5.97 Å². The first-order valence-electron chi connectivity index (χ1n) is 11.0. The maximum Gasteiger partial charge on any atom is 0.309 e. The van der Waals surface area contributed by atoms with E-state index in [4.69, 9.17) is 14.2 Å². The summed E-state index contributed by atoms with van der Waals surface area (Å²) in [5.74, 6) is 5.63. The van der Waals surface area contributed by atoms with E-state index in [0.29, 0.717) is 25.0 Å². The number of carbonyl (C=O) groups is 1. The molecule has 1 saturated heterocycles. The Balaban J connectivity index is 1.08. The molecule has 0 amide bonds. The summed E-state index contributed by atoms with van der Waals surface area (Å²) in [6.07, 6.45) is 6.42. The van der Waals surface area contributed by atoms with Gasteiger partial charge in [-0.2, -0.15) is 0 Å². The number of esters is 1. The molecule has 0 aromatic rings. The Kier molecular flexibility index (Phi) is 4.16. The molecule has 4 aliphatic carbocycles. The molecule has 27 heavy (non-hydrogen) atoms. The molecule has 4 bridgehead atoms. The minimum atomic E-state index is -0.196. The van der Waals surface area contributed by atoms with Gasteiger partial charge in [0.15, 0.2) is 0 Å². The fraction of sp³-hybridized carbons (Fsp3) is 0.870. The van der Waals surface area contributed by atoms with E-state index >= 15 is 0 Å². The summed E-state index contributed by atoms with van der Waals surface area (Å²) in [5.41, 5.74) is -0.196. The number of hydrogen-bond acceptors (Lipinski definition) is 4. The first kappa shape index (κ1) is 18.0. The molecule has 0 N–H and O–H groups in total. The van der Waals surface area contributed by atoms with Crippen molar-refractivity contribution in [3.8, 4) is 0 Å². The molecule has 4 saturated carbocycles. The van der Waals surface area contributed by atoms with Crippen LogP contribution in [0.15, 0.2) is 12.3 Å². The van der Waals surface area contributed by atoms with E-state index in [9.17, 15) is 4.79 Å². The smallest absolute Gasteiger partial charge is 0.309 e. The SMILES string of the molecule is C=C(OCC(C)(C)COC(=O)C1CC2CC1C(C)O2)C1CC2CC1C1CC21. The average molecular weight is 375 g/mol. The summed E-state index contributed by atoms with van der Waals surface area (Å²) in [4.78, 5) is 12.6. The highest BCUT2D eigenvalue weighted by molar-refractivity contribution is 5.73. The van der Waals surface area contributed by atoms with Crippen LogP contribution in [0.1, 0.15) is 52.9 Å². The zero-order valence-corrected chi connectivity index (χ0v) is 17.0. The molecule has 4 nitrogen and oxygen atoms in total. The molecule has 9 unspecified atom stereocenters. The van der Waals surface area contributed by atoms with Crippen molar-refractivity contribution in [1.29, 1.82) is 0 Å².